The molecule has 0 aromatic heterocycles. The Labute approximate surface area is 178 Å². The van der Waals surface area contributed by atoms with Crippen LogP contribution < -0.4 is 10.1 Å². The number of nitrogens with one attached hydrogen (secondary N) is 1. The van der Waals surface area contributed by atoms with Crippen molar-refractivity contribution in [2.45, 2.75) is 56.8 Å². The second-order valence-corrected chi connectivity index (χ2v) is 9.54. The van der Waals surface area contributed by atoms with Crippen molar-refractivity contribution < 1.29 is 24.9 Å². The minimum absolute atomic E-state index is 0.173. The average molecular weight is 419 g/mol. The molecular formula is C23H34N2O5. The molecule has 30 heavy (non-hydrogen) atoms. The molecule has 1 heterocycles. The lowest BCUT2D eigenvalue weighted by Gasteiger charge is -2.38. The summed E-state index contributed by atoms with van der Waals surface area (Å²) in [5, 5.41) is 34.1. The van der Waals surface area contributed by atoms with Crippen LogP contribution in [0.1, 0.15) is 48.9 Å². The van der Waals surface area contributed by atoms with E-state index in [-0.39, 0.29) is 12.5 Å². The Balaban J connectivity index is 1.61. The van der Waals surface area contributed by atoms with Gasteiger partial charge in [0.25, 0.3) is 5.91 Å². The van der Waals surface area contributed by atoms with Gasteiger partial charge >= 0.3 is 0 Å². The van der Waals surface area contributed by atoms with Crippen molar-refractivity contribution in [3.8, 4) is 5.75 Å². The number of carbonyl (C=O) groups is 1. The Morgan fingerprint density at radius 1 is 1.10 bits per heavy atom. The Hall–Kier alpha value is -1.67. The minimum atomic E-state index is -0.779. The predicted molar refractivity (Wildman–Crippen MR) is 112 cm³/mol. The van der Waals surface area contributed by atoms with E-state index in [1.165, 1.54) is 25.7 Å². The molecule has 0 radical (unpaired) electrons. The van der Waals surface area contributed by atoms with Crippen LogP contribution in [-0.4, -0.2) is 77.2 Å². The number of aliphatic hydroxyl groups excluding tert-OH is 3. The number of hydrogen-bond acceptors (Lipinski definition) is 6. The highest BCUT2D eigenvalue weighted by Gasteiger charge is 2.46. The quantitative estimate of drug-likeness (QED) is 0.575. The molecule has 4 rings (SSSR count). The van der Waals surface area contributed by atoms with Crippen molar-refractivity contribution in [2.24, 2.45) is 11.3 Å². The van der Waals surface area contributed by atoms with E-state index < -0.39 is 23.7 Å². The number of aliphatic hydroxyl groups is 3. The van der Waals surface area contributed by atoms with Crippen molar-refractivity contribution in [1.29, 1.82) is 0 Å². The van der Waals surface area contributed by atoms with Gasteiger partial charge in [-0.2, -0.15) is 0 Å². The van der Waals surface area contributed by atoms with E-state index in [0.29, 0.717) is 49.8 Å². The maximum absolute atomic E-state index is 12.6. The molecule has 7 nitrogen and oxygen atoms in total. The van der Waals surface area contributed by atoms with Crippen LogP contribution in [0.2, 0.25) is 0 Å². The summed E-state index contributed by atoms with van der Waals surface area (Å²) < 4.78 is 6.14. The van der Waals surface area contributed by atoms with Crippen LogP contribution in [-0.2, 0) is 0 Å². The number of hydrogen-bond donors (Lipinski definition) is 4. The maximum atomic E-state index is 12.6. The molecule has 3 aliphatic rings. The summed E-state index contributed by atoms with van der Waals surface area (Å²) in [6.45, 7) is 2.46. The summed E-state index contributed by atoms with van der Waals surface area (Å²) in [5.74, 6) is 0.824. The molecule has 4 atom stereocenters. The maximum Gasteiger partial charge on any atom is 0.255 e. The van der Waals surface area contributed by atoms with Gasteiger partial charge in [-0.15, -0.1) is 0 Å². The molecule has 2 aliphatic carbocycles. The Morgan fingerprint density at radius 3 is 2.53 bits per heavy atom. The highest BCUT2D eigenvalue weighted by molar-refractivity contribution is 5.96. The fourth-order valence-electron chi connectivity index (χ4n) is 5.45. The highest BCUT2D eigenvalue weighted by Crippen LogP contribution is 2.41. The van der Waals surface area contributed by atoms with Gasteiger partial charge in [0.1, 0.15) is 5.75 Å². The van der Waals surface area contributed by atoms with E-state index in [4.69, 9.17) is 4.74 Å². The van der Waals surface area contributed by atoms with Gasteiger partial charge in [-0.1, -0.05) is 25.0 Å². The number of para-hydroxylation sites is 1. The van der Waals surface area contributed by atoms with E-state index in [1.54, 1.807) is 18.2 Å². The van der Waals surface area contributed by atoms with Crippen molar-refractivity contribution in [3.63, 3.8) is 0 Å². The summed E-state index contributed by atoms with van der Waals surface area (Å²) in [4.78, 5) is 14.9. The molecule has 0 bridgehead atoms. The van der Waals surface area contributed by atoms with E-state index in [1.807, 2.05) is 6.07 Å². The minimum Gasteiger partial charge on any atom is -0.492 e. The first-order chi connectivity index (χ1) is 14.4. The monoisotopic (exact) mass is 418 g/mol. The largest absolute Gasteiger partial charge is 0.492 e. The number of benzene rings is 1. The van der Waals surface area contributed by atoms with Crippen molar-refractivity contribution in [2.75, 3.05) is 32.8 Å². The van der Waals surface area contributed by atoms with Gasteiger partial charge in [-0.05, 0) is 43.7 Å². The standard InChI is InChI=1S/C23H34N2O5/c26-17-11-24-22(29)18-7-3-4-8-21(18)30-15-23(9-19(27)20(28)10-23)14-25(13-17)12-16-5-1-2-6-16/h3-4,7-8,16-17,19-20,26-28H,1-2,5-6,9-15H2,(H,24,29)/t17-,19-,20+,23?/m0/s1. The zero-order valence-electron chi connectivity index (χ0n) is 17.5. The third-order valence-electron chi connectivity index (χ3n) is 6.91. The zero-order valence-corrected chi connectivity index (χ0v) is 17.5. The topological polar surface area (TPSA) is 102 Å². The molecule has 1 aromatic carbocycles. The first kappa shape index (κ1) is 21.6. The molecular weight excluding hydrogens is 384 g/mol. The van der Waals surface area contributed by atoms with Crippen LogP contribution in [0, 0.1) is 11.3 Å². The lowest BCUT2D eigenvalue weighted by molar-refractivity contribution is 0.0370. The normalized spacial score (nSPS) is 34.1. The highest BCUT2D eigenvalue weighted by atomic mass is 16.5. The third kappa shape index (κ3) is 4.97. The van der Waals surface area contributed by atoms with Gasteiger partial charge in [0, 0.05) is 31.6 Å². The smallest absolute Gasteiger partial charge is 0.255 e. The molecule has 2 fully saturated rings. The van der Waals surface area contributed by atoms with E-state index >= 15 is 0 Å². The van der Waals surface area contributed by atoms with Gasteiger partial charge in [-0.25, -0.2) is 0 Å². The molecule has 1 aliphatic heterocycles. The number of β-amino-alcohol motifs (C(OH)–C–C–N with tert-alkyl or cyclic N) is 1. The van der Waals surface area contributed by atoms with Crippen LogP contribution in [0.3, 0.4) is 0 Å². The zero-order chi connectivity index (χ0) is 21.1. The van der Waals surface area contributed by atoms with Crippen molar-refractivity contribution >= 4 is 5.91 Å². The average Bonchev–Trinajstić information content (AvgIpc) is 3.32. The predicted octanol–water partition coefficient (Wildman–Crippen LogP) is 1.16. The lowest BCUT2D eigenvalue weighted by Crippen LogP contribution is -2.48. The van der Waals surface area contributed by atoms with Crippen LogP contribution in [0.5, 0.6) is 5.75 Å². The summed E-state index contributed by atoms with van der Waals surface area (Å²) >= 11 is 0. The van der Waals surface area contributed by atoms with Crippen LogP contribution in [0.4, 0.5) is 0 Å². The first-order valence-corrected chi connectivity index (χ1v) is 11.2. The number of nitrogens with zero attached hydrogens (tertiary/aromatic N) is 1. The Morgan fingerprint density at radius 2 is 1.80 bits per heavy atom. The fraction of sp³-hybridized carbons (Fsp3) is 0.696. The van der Waals surface area contributed by atoms with Crippen LogP contribution >= 0.6 is 0 Å². The van der Waals surface area contributed by atoms with Gasteiger partial charge in [0.2, 0.25) is 0 Å². The summed E-state index contributed by atoms with van der Waals surface area (Å²) in [6.07, 6.45) is 3.54. The Kier molecular flexibility index (Phi) is 6.63. The van der Waals surface area contributed by atoms with Gasteiger partial charge in [0.05, 0.1) is 30.5 Å². The molecule has 1 spiro atoms. The van der Waals surface area contributed by atoms with E-state index in [2.05, 4.69) is 10.2 Å². The summed E-state index contributed by atoms with van der Waals surface area (Å²) in [5.41, 5.74) is 0.00210. The van der Waals surface area contributed by atoms with Gasteiger partial charge in [0.15, 0.2) is 0 Å². The van der Waals surface area contributed by atoms with Crippen molar-refractivity contribution in [3.05, 3.63) is 29.8 Å². The molecule has 1 unspecified atom stereocenters. The first-order valence-electron chi connectivity index (χ1n) is 11.2. The third-order valence-corrected chi connectivity index (χ3v) is 6.91. The molecule has 4 N–H and O–H groups in total. The number of amides is 1. The summed E-state index contributed by atoms with van der Waals surface area (Å²) in [7, 11) is 0. The second-order valence-electron chi connectivity index (χ2n) is 9.54. The number of ether oxygens (including phenoxy) is 1. The van der Waals surface area contributed by atoms with Gasteiger partial charge < -0.3 is 25.4 Å². The number of fused-ring (bicyclic) bond motifs is 1. The molecule has 2 saturated carbocycles. The Bertz CT molecular complexity index is 726. The summed E-state index contributed by atoms with van der Waals surface area (Å²) in [6, 6.07) is 7.08. The SMILES string of the molecule is O=C1NC[C@H](O)CN(CC2CCCC2)CC2(COc3ccccc31)C[C@@H](O)[C@@H](O)C2. The molecule has 7 heteroatoms. The van der Waals surface area contributed by atoms with Gasteiger partial charge in [-0.3, -0.25) is 9.69 Å². The van der Waals surface area contributed by atoms with Crippen LogP contribution in [0.15, 0.2) is 24.3 Å². The van der Waals surface area contributed by atoms with E-state index in [9.17, 15) is 20.1 Å². The van der Waals surface area contributed by atoms with Crippen LogP contribution in [0.25, 0.3) is 0 Å². The van der Waals surface area contributed by atoms with E-state index in [0.717, 1.165) is 6.54 Å². The number of rotatable bonds is 2. The number of carbonyl (C=O) groups excluding carboxylic acids is 1. The fourth-order valence-corrected chi connectivity index (χ4v) is 5.45. The molecule has 1 aromatic rings. The van der Waals surface area contributed by atoms with Crippen molar-refractivity contribution in [1.82, 2.24) is 10.2 Å². The second kappa shape index (κ2) is 9.22. The molecule has 0 saturated heterocycles. The molecule has 1 amide bonds. The molecule has 166 valence electrons. The lowest BCUT2D eigenvalue weighted by atomic mass is 9.85.